The van der Waals surface area contributed by atoms with E-state index in [2.05, 4.69) is 19.7 Å². The molecule has 2 aliphatic rings. The van der Waals surface area contributed by atoms with E-state index in [1.807, 2.05) is 30.3 Å². The number of primary amides is 1. The molecule has 1 amide bonds. The lowest BCUT2D eigenvalue weighted by Gasteiger charge is -2.28. The molecule has 0 radical (unpaired) electrons. The summed E-state index contributed by atoms with van der Waals surface area (Å²) in [4.78, 5) is 14.2. The summed E-state index contributed by atoms with van der Waals surface area (Å²) in [5.74, 6) is 0.513. The largest absolute Gasteiger partial charge is 0.378 e. The van der Waals surface area contributed by atoms with Crippen LogP contribution in [0.3, 0.4) is 0 Å². The molecule has 0 bridgehead atoms. The predicted molar refractivity (Wildman–Crippen MR) is 95.6 cm³/mol. The van der Waals surface area contributed by atoms with Gasteiger partial charge in [0, 0.05) is 19.1 Å². The molecule has 7 nitrogen and oxygen atoms in total. The van der Waals surface area contributed by atoms with E-state index in [9.17, 15) is 4.79 Å². The normalized spacial score (nSPS) is 19.0. The number of anilines is 1. The van der Waals surface area contributed by atoms with Crippen LogP contribution in [0, 0.1) is 0 Å². The average Bonchev–Trinajstić information content (AvgIpc) is 3.40. The molecule has 2 heterocycles. The number of benzene rings is 1. The van der Waals surface area contributed by atoms with Gasteiger partial charge < -0.3 is 15.4 Å². The standard InChI is InChI=1S/C17H21N5O2S/c18-15(23)14(12-4-2-1-3-5-12)25-17-20-19-16(22(17)13-6-7-13)21-8-10-24-11-9-21/h1-5,13-14H,6-11H2,(H2,18,23). The molecule has 1 aromatic carbocycles. The molecule has 0 spiro atoms. The second kappa shape index (κ2) is 7.05. The Bertz CT molecular complexity index is 741. The summed E-state index contributed by atoms with van der Waals surface area (Å²) < 4.78 is 7.61. The Morgan fingerprint density at radius 1 is 1.20 bits per heavy atom. The Labute approximate surface area is 150 Å². The van der Waals surface area contributed by atoms with Crippen LogP contribution >= 0.6 is 11.8 Å². The third kappa shape index (κ3) is 3.50. The molecule has 2 aromatic rings. The summed E-state index contributed by atoms with van der Waals surface area (Å²) in [5, 5.41) is 9.09. The Kier molecular flexibility index (Phi) is 4.63. The molecule has 132 valence electrons. The molecule has 1 aliphatic heterocycles. The third-order valence-electron chi connectivity index (χ3n) is 4.44. The van der Waals surface area contributed by atoms with Gasteiger partial charge in [-0.1, -0.05) is 42.1 Å². The number of nitrogens with zero attached hydrogens (tertiary/aromatic N) is 4. The van der Waals surface area contributed by atoms with Crippen molar-refractivity contribution in [3.05, 3.63) is 35.9 Å². The van der Waals surface area contributed by atoms with Gasteiger partial charge in [-0.05, 0) is 18.4 Å². The fourth-order valence-corrected chi connectivity index (χ4v) is 4.06. The van der Waals surface area contributed by atoms with Crippen LogP contribution in [-0.2, 0) is 9.53 Å². The Morgan fingerprint density at radius 2 is 1.92 bits per heavy atom. The number of hydrogen-bond donors (Lipinski definition) is 1. The minimum Gasteiger partial charge on any atom is -0.378 e. The second-order valence-corrected chi connectivity index (χ2v) is 7.37. The van der Waals surface area contributed by atoms with Crippen molar-refractivity contribution in [3.63, 3.8) is 0 Å². The van der Waals surface area contributed by atoms with Crippen molar-refractivity contribution in [1.82, 2.24) is 14.8 Å². The van der Waals surface area contributed by atoms with Gasteiger partial charge in [-0.3, -0.25) is 9.36 Å². The molecule has 2 fully saturated rings. The minimum atomic E-state index is -0.472. The van der Waals surface area contributed by atoms with Gasteiger partial charge >= 0.3 is 0 Å². The van der Waals surface area contributed by atoms with E-state index in [-0.39, 0.29) is 5.91 Å². The fraction of sp³-hybridized carbons (Fsp3) is 0.471. The molecule has 2 N–H and O–H groups in total. The van der Waals surface area contributed by atoms with Crippen molar-refractivity contribution in [2.45, 2.75) is 29.3 Å². The highest BCUT2D eigenvalue weighted by Gasteiger charge is 2.34. The third-order valence-corrected chi connectivity index (χ3v) is 5.67. The molecule has 1 aliphatic carbocycles. The lowest BCUT2D eigenvalue weighted by molar-refractivity contribution is -0.117. The van der Waals surface area contributed by atoms with E-state index < -0.39 is 5.25 Å². The van der Waals surface area contributed by atoms with Gasteiger partial charge in [-0.15, -0.1) is 10.2 Å². The maximum atomic E-state index is 12.0. The number of amides is 1. The van der Waals surface area contributed by atoms with E-state index in [1.165, 1.54) is 11.8 Å². The zero-order chi connectivity index (χ0) is 17.2. The van der Waals surface area contributed by atoms with E-state index in [0.29, 0.717) is 19.3 Å². The van der Waals surface area contributed by atoms with E-state index in [1.54, 1.807) is 0 Å². The van der Waals surface area contributed by atoms with Crippen LogP contribution in [0.2, 0.25) is 0 Å². The van der Waals surface area contributed by atoms with Gasteiger partial charge in [-0.2, -0.15) is 0 Å². The van der Waals surface area contributed by atoms with Gasteiger partial charge in [0.05, 0.1) is 13.2 Å². The summed E-state index contributed by atoms with van der Waals surface area (Å²) >= 11 is 1.39. The monoisotopic (exact) mass is 359 g/mol. The molecule has 4 rings (SSSR count). The highest BCUT2D eigenvalue weighted by molar-refractivity contribution is 8.00. The fourth-order valence-electron chi connectivity index (χ4n) is 3.00. The minimum absolute atomic E-state index is 0.366. The van der Waals surface area contributed by atoms with Gasteiger partial charge in [-0.25, -0.2) is 0 Å². The van der Waals surface area contributed by atoms with Gasteiger partial charge in [0.15, 0.2) is 5.16 Å². The number of thioether (sulfide) groups is 1. The van der Waals surface area contributed by atoms with E-state index in [0.717, 1.165) is 42.6 Å². The summed E-state index contributed by atoms with van der Waals surface area (Å²) in [5.41, 5.74) is 6.55. The van der Waals surface area contributed by atoms with Crippen molar-refractivity contribution in [3.8, 4) is 0 Å². The van der Waals surface area contributed by atoms with Crippen LogP contribution < -0.4 is 10.6 Å². The Morgan fingerprint density at radius 3 is 2.56 bits per heavy atom. The predicted octanol–water partition coefficient (Wildman–Crippen LogP) is 1.77. The SMILES string of the molecule is NC(=O)C(Sc1nnc(N2CCOCC2)n1C1CC1)c1ccccc1. The first-order chi connectivity index (χ1) is 12.2. The number of morpholine rings is 1. The number of carbonyl (C=O) groups excluding carboxylic acids is 1. The number of ether oxygens (including phenoxy) is 1. The maximum absolute atomic E-state index is 12.0. The van der Waals surface area contributed by atoms with Crippen LogP contribution in [0.25, 0.3) is 0 Å². The topological polar surface area (TPSA) is 86.3 Å². The Hall–Kier alpha value is -2.06. The summed E-state index contributed by atoms with van der Waals surface area (Å²) in [6.45, 7) is 3.03. The summed E-state index contributed by atoms with van der Waals surface area (Å²) in [6.07, 6.45) is 2.24. The number of carbonyl (C=O) groups is 1. The van der Waals surface area contributed by atoms with Crippen LogP contribution in [-0.4, -0.2) is 47.0 Å². The first-order valence-corrected chi connectivity index (χ1v) is 9.40. The molecule has 1 unspecified atom stereocenters. The smallest absolute Gasteiger partial charge is 0.235 e. The Balaban J connectivity index is 1.63. The number of rotatable bonds is 6. The van der Waals surface area contributed by atoms with E-state index >= 15 is 0 Å². The zero-order valence-corrected chi connectivity index (χ0v) is 14.7. The maximum Gasteiger partial charge on any atom is 0.235 e. The van der Waals surface area contributed by atoms with Gasteiger partial charge in [0.25, 0.3) is 0 Å². The number of aromatic nitrogens is 3. The van der Waals surface area contributed by atoms with Crippen LogP contribution in [0.1, 0.15) is 29.7 Å². The highest BCUT2D eigenvalue weighted by Crippen LogP contribution is 2.44. The lowest BCUT2D eigenvalue weighted by Crippen LogP contribution is -2.38. The van der Waals surface area contributed by atoms with Gasteiger partial charge in [0.2, 0.25) is 11.9 Å². The molecule has 1 saturated carbocycles. The molecule has 1 saturated heterocycles. The zero-order valence-electron chi connectivity index (χ0n) is 13.9. The first-order valence-electron chi connectivity index (χ1n) is 8.52. The quantitative estimate of drug-likeness (QED) is 0.791. The summed E-state index contributed by atoms with van der Waals surface area (Å²) in [6, 6.07) is 10.0. The molecular weight excluding hydrogens is 338 g/mol. The van der Waals surface area contributed by atoms with E-state index in [4.69, 9.17) is 10.5 Å². The lowest BCUT2D eigenvalue weighted by atomic mass is 10.1. The summed E-state index contributed by atoms with van der Waals surface area (Å²) in [7, 11) is 0. The molecule has 8 heteroatoms. The van der Waals surface area contributed by atoms with Crippen LogP contribution in [0.5, 0.6) is 0 Å². The second-order valence-electron chi connectivity index (χ2n) is 6.29. The molecule has 25 heavy (non-hydrogen) atoms. The van der Waals surface area contributed by atoms with Crippen molar-refractivity contribution in [2.24, 2.45) is 5.73 Å². The van der Waals surface area contributed by atoms with Crippen molar-refractivity contribution in [1.29, 1.82) is 0 Å². The van der Waals surface area contributed by atoms with Gasteiger partial charge in [0.1, 0.15) is 5.25 Å². The number of hydrogen-bond acceptors (Lipinski definition) is 6. The van der Waals surface area contributed by atoms with Crippen molar-refractivity contribution in [2.75, 3.05) is 31.2 Å². The molecular formula is C17H21N5O2S. The highest BCUT2D eigenvalue weighted by atomic mass is 32.2. The average molecular weight is 359 g/mol. The van der Waals surface area contributed by atoms with Crippen molar-refractivity contribution < 1.29 is 9.53 Å². The van der Waals surface area contributed by atoms with Crippen LogP contribution in [0.15, 0.2) is 35.5 Å². The molecule has 1 aromatic heterocycles. The van der Waals surface area contributed by atoms with Crippen molar-refractivity contribution >= 4 is 23.6 Å². The van der Waals surface area contributed by atoms with Crippen LogP contribution in [0.4, 0.5) is 5.95 Å². The molecule has 1 atom stereocenters. The first kappa shape index (κ1) is 16.4. The number of nitrogens with two attached hydrogens (primary N) is 1.